The van der Waals surface area contributed by atoms with E-state index in [2.05, 4.69) is 15.2 Å². The fraction of sp³-hybridized carbons (Fsp3) is 0.440. The third kappa shape index (κ3) is 4.66. The van der Waals surface area contributed by atoms with Crippen LogP contribution in [0, 0.1) is 11.6 Å². The van der Waals surface area contributed by atoms with Gasteiger partial charge in [-0.2, -0.15) is 0 Å². The predicted octanol–water partition coefficient (Wildman–Crippen LogP) is 3.81. The molecule has 0 aliphatic carbocycles. The zero-order valence-corrected chi connectivity index (χ0v) is 20.3. The Balaban J connectivity index is 1.49. The number of H-pyrrole nitrogens is 1. The van der Waals surface area contributed by atoms with Crippen molar-refractivity contribution in [2.24, 2.45) is 0 Å². The molecule has 5 rings (SSSR count). The van der Waals surface area contributed by atoms with Crippen LogP contribution in [0.3, 0.4) is 0 Å². The van der Waals surface area contributed by atoms with Crippen molar-refractivity contribution in [2.75, 3.05) is 37.5 Å². The third-order valence-electron chi connectivity index (χ3n) is 7.08. The molecule has 0 radical (unpaired) electrons. The number of fused-ring (bicyclic) bond motifs is 3. The Kier molecular flexibility index (Phi) is 6.78. The van der Waals surface area contributed by atoms with E-state index in [0.29, 0.717) is 43.9 Å². The number of nitrogens with one attached hydrogen (secondary N) is 2. The van der Waals surface area contributed by atoms with Crippen LogP contribution in [0.15, 0.2) is 36.4 Å². The number of aromatic nitrogens is 1. The third-order valence-corrected chi connectivity index (χ3v) is 7.64. The molecule has 2 atom stereocenters. The Morgan fingerprint density at radius 2 is 1.86 bits per heavy atom. The largest absolute Gasteiger partial charge is 0.380 e. The molecule has 1 saturated heterocycles. The number of likely N-dealkylation sites (tertiary alicyclic amines) is 1. The first kappa shape index (κ1) is 24.1. The van der Waals surface area contributed by atoms with Gasteiger partial charge in [0.25, 0.3) is 0 Å². The van der Waals surface area contributed by atoms with Gasteiger partial charge in [0.1, 0.15) is 17.5 Å². The number of aromatic amines is 1. The Morgan fingerprint density at radius 3 is 2.54 bits per heavy atom. The molecule has 0 amide bonds. The number of alkyl halides is 1. The van der Waals surface area contributed by atoms with E-state index in [9.17, 15) is 12.8 Å². The van der Waals surface area contributed by atoms with Crippen molar-refractivity contribution >= 4 is 27.3 Å². The summed E-state index contributed by atoms with van der Waals surface area (Å²) in [6, 6.07) is 9.13. The smallest absolute Gasteiger partial charge is 0.153 e. The number of thiol groups is 1. The van der Waals surface area contributed by atoms with E-state index in [0.717, 1.165) is 16.5 Å². The van der Waals surface area contributed by atoms with Gasteiger partial charge in [-0.05, 0) is 43.5 Å². The van der Waals surface area contributed by atoms with Crippen LogP contribution < -0.4 is 5.32 Å². The maximum absolute atomic E-state index is 15.6. The molecule has 3 heterocycles. The Hall–Kier alpha value is -2.56. The highest BCUT2D eigenvalue weighted by molar-refractivity contribution is 7.72. The van der Waals surface area contributed by atoms with Gasteiger partial charge in [0, 0.05) is 53.5 Å². The molecule has 2 N–H and O–H groups in total. The molecule has 2 aliphatic rings. The van der Waals surface area contributed by atoms with Gasteiger partial charge >= 0.3 is 0 Å². The average Bonchev–Trinajstić information content (AvgIpc) is 3.14. The highest BCUT2D eigenvalue weighted by Gasteiger charge is 2.39. The number of nitrogens with zero attached hydrogens (tertiary/aromatic N) is 2. The summed E-state index contributed by atoms with van der Waals surface area (Å²) in [4.78, 5) is 7.04. The molecular formula is C25H29F3N4O2S. The lowest BCUT2D eigenvalue weighted by molar-refractivity contribution is 0.155. The number of rotatable bonds is 8. The van der Waals surface area contributed by atoms with Crippen LogP contribution in [-0.2, 0) is 17.1 Å². The van der Waals surface area contributed by atoms with E-state index in [1.807, 2.05) is 31.2 Å². The molecule has 10 heteroatoms. The van der Waals surface area contributed by atoms with Crippen LogP contribution >= 0.6 is 0 Å². The summed E-state index contributed by atoms with van der Waals surface area (Å²) >= 11 is 0. The van der Waals surface area contributed by atoms with Crippen molar-refractivity contribution in [3.05, 3.63) is 64.9 Å². The second-order valence-electron chi connectivity index (χ2n) is 9.50. The molecule has 0 unspecified atom stereocenters. The SMILES string of the molecule is C[C@@H]1Cc2c([nH]c3ccccc23)[C@@H](c2c(F)cc(NC3CN(CCCF)C3)cc2F)N1C[SH](=O)=O. The highest BCUT2D eigenvalue weighted by atomic mass is 32.2. The number of halogens is 3. The summed E-state index contributed by atoms with van der Waals surface area (Å²) in [7, 11) is -2.79. The number of benzene rings is 2. The molecule has 1 aromatic heterocycles. The van der Waals surface area contributed by atoms with Crippen LogP contribution in [0.4, 0.5) is 18.9 Å². The fourth-order valence-corrected chi connectivity index (χ4v) is 6.17. The molecule has 3 aromatic rings. The molecule has 0 saturated carbocycles. The minimum Gasteiger partial charge on any atom is -0.380 e. The van der Waals surface area contributed by atoms with Crippen molar-refractivity contribution in [3.8, 4) is 0 Å². The zero-order chi connectivity index (χ0) is 24.7. The van der Waals surface area contributed by atoms with E-state index < -0.39 is 28.4 Å². The van der Waals surface area contributed by atoms with Crippen molar-refractivity contribution in [2.45, 2.75) is 37.9 Å². The van der Waals surface area contributed by atoms with E-state index in [1.54, 1.807) is 4.90 Å². The second-order valence-corrected chi connectivity index (χ2v) is 10.5. The van der Waals surface area contributed by atoms with Crippen LogP contribution in [-0.4, -0.2) is 67.5 Å². The van der Waals surface area contributed by atoms with Crippen LogP contribution in [0.5, 0.6) is 0 Å². The maximum Gasteiger partial charge on any atom is 0.153 e. The van der Waals surface area contributed by atoms with Crippen molar-refractivity contribution in [3.63, 3.8) is 0 Å². The van der Waals surface area contributed by atoms with Crippen molar-refractivity contribution < 1.29 is 21.6 Å². The van der Waals surface area contributed by atoms with Gasteiger partial charge in [0.15, 0.2) is 10.7 Å². The molecule has 0 spiro atoms. The van der Waals surface area contributed by atoms with E-state index >= 15 is 8.78 Å². The molecule has 2 aromatic carbocycles. The molecule has 1 fully saturated rings. The lowest BCUT2D eigenvalue weighted by Crippen LogP contribution is -2.54. The first-order valence-electron chi connectivity index (χ1n) is 11.9. The number of anilines is 1. The van der Waals surface area contributed by atoms with E-state index in [-0.39, 0.29) is 30.2 Å². The lowest BCUT2D eigenvalue weighted by atomic mass is 9.88. The summed E-state index contributed by atoms with van der Waals surface area (Å²) in [6.07, 6.45) is 1.05. The molecule has 2 aliphatic heterocycles. The summed E-state index contributed by atoms with van der Waals surface area (Å²) in [5, 5.41) is 4.13. The number of para-hydroxylation sites is 1. The molecule has 35 heavy (non-hydrogen) atoms. The maximum atomic E-state index is 15.6. The van der Waals surface area contributed by atoms with Gasteiger partial charge in [-0.1, -0.05) is 18.2 Å². The van der Waals surface area contributed by atoms with Gasteiger partial charge in [-0.25, -0.2) is 17.2 Å². The van der Waals surface area contributed by atoms with Crippen LogP contribution in [0.2, 0.25) is 0 Å². The summed E-state index contributed by atoms with van der Waals surface area (Å²) in [5.74, 6) is -1.75. The zero-order valence-electron chi connectivity index (χ0n) is 19.4. The number of hydrogen-bond donors (Lipinski definition) is 3. The Morgan fingerprint density at radius 1 is 1.14 bits per heavy atom. The average molecular weight is 507 g/mol. The minimum atomic E-state index is -2.79. The standard InChI is InChI=1S/C25H29F3N4O2S/c1-15-9-19-18-5-2-3-6-22(18)30-24(19)25(32(15)14-35(33)34)23-20(27)10-16(11-21(23)28)29-17-12-31(13-17)8-4-7-26/h2-3,5-6,10-11,15,17,25,29-30,35H,4,7-9,12-14H2,1H3/t15-,25-/m1/s1. The van der Waals surface area contributed by atoms with E-state index in [4.69, 9.17) is 0 Å². The van der Waals surface area contributed by atoms with Gasteiger partial charge in [0.2, 0.25) is 0 Å². The van der Waals surface area contributed by atoms with Gasteiger partial charge in [-0.15, -0.1) is 0 Å². The monoisotopic (exact) mass is 506 g/mol. The second kappa shape index (κ2) is 9.83. The van der Waals surface area contributed by atoms with Crippen LogP contribution in [0.25, 0.3) is 10.9 Å². The fourth-order valence-electron chi connectivity index (χ4n) is 5.46. The normalized spacial score (nSPS) is 21.4. The quantitative estimate of drug-likeness (QED) is 0.406. The topological polar surface area (TPSA) is 68.4 Å². The van der Waals surface area contributed by atoms with Crippen molar-refractivity contribution in [1.29, 1.82) is 0 Å². The van der Waals surface area contributed by atoms with Gasteiger partial charge in [0.05, 0.1) is 18.8 Å². The Labute approximate surface area is 204 Å². The minimum absolute atomic E-state index is 0.0373. The van der Waals surface area contributed by atoms with Gasteiger partial charge in [-0.3, -0.25) is 14.2 Å². The molecule has 6 nitrogen and oxygen atoms in total. The van der Waals surface area contributed by atoms with Crippen LogP contribution in [0.1, 0.15) is 36.2 Å². The predicted molar refractivity (Wildman–Crippen MR) is 131 cm³/mol. The summed E-state index contributed by atoms with van der Waals surface area (Å²) in [5.41, 5.74) is 2.61. The lowest BCUT2D eigenvalue weighted by Gasteiger charge is -2.41. The first-order valence-corrected chi connectivity index (χ1v) is 13.2. The molecule has 0 bridgehead atoms. The van der Waals surface area contributed by atoms with Crippen molar-refractivity contribution in [1.82, 2.24) is 14.8 Å². The van der Waals surface area contributed by atoms with E-state index in [1.165, 1.54) is 12.1 Å². The Bertz CT molecular complexity index is 1270. The summed E-state index contributed by atoms with van der Waals surface area (Å²) < 4.78 is 66.9. The number of hydrogen-bond acceptors (Lipinski definition) is 5. The summed E-state index contributed by atoms with van der Waals surface area (Å²) in [6.45, 7) is 3.57. The first-order chi connectivity index (χ1) is 16.9. The van der Waals surface area contributed by atoms with Gasteiger partial charge < -0.3 is 10.3 Å². The molecular weight excluding hydrogens is 477 g/mol. The molecule has 188 valence electrons. The highest BCUT2D eigenvalue weighted by Crippen LogP contribution is 2.42.